The number of rotatable bonds is 10. The lowest BCUT2D eigenvalue weighted by Gasteiger charge is -2.25. The summed E-state index contributed by atoms with van der Waals surface area (Å²) in [5.74, 6) is 1.29. The number of nitro benzene ring substituents is 1. The number of aryl methyl sites for hydroxylation is 1. The smallest absolute Gasteiger partial charge is 0.338 e. The second-order valence-electron chi connectivity index (χ2n) is 10.3. The number of esters is 1. The van der Waals surface area contributed by atoms with Crippen molar-refractivity contribution in [3.63, 3.8) is 0 Å². The molecule has 0 N–H and O–H groups in total. The van der Waals surface area contributed by atoms with Crippen molar-refractivity contribution >= 4 is 29.1 Å². The minimum Gasteiger partial charge on any atom is -0.490 e. The number of allylic oxidation sites excluding steroid dienone is 1. The summed E-state index contributed by atoms with van der Waals surface area (Å²) in [6.07, 6.45) is 1.60. The number of nitrogens with zero attached hydrogens (tertiary/aromatic N) is 3. The fourth-order valence-corrected chi connectivity index (χ4v) is 6.26. The molecule has 45 heavy (non-hydrogen) atoms. The molecule has 0 saturated heterocycles. The van der Waals surface area contributed by atoms with Crippen LogP contribution in [0.1, 0.15) is 56.2 Å². The van der Waals surface area contributed by atoms with E-state index in [0.29, 0.717) is 68.0 Å². The van der Waals surface area contributed by atoms with Gasteiger partial charge < -0.3 is 18.6 Å². The number of nitro groups is 1. The van der Waals surface area contributed by atoms with Crippen molar-refractivity contribution in [2.45, 2.75) is 47.6 Å². The average Bonchev–Trinajstić information content (AvgIpc) is 3.59. The highest BCUT2D eigenvalue weighted by Gasteiger charge is 2.34. The van der Waals surface area contributed by atoms with E-state index in [2.05, 4.69) is 4.99 Å². The van der Waals surface area contributed by atoms with Crippen molar-refractivity contribution in [1.82, 2.24) is 4.57 Å². The minimum absolute atomic E-state index is 0.00539. The fourth-order valence-electron chi connectivity index (χ4n) is 5.23. The van der Waals surface area contributed by atoms with Gasteiger partial charge in [-0.15, -0.1) is 0 Å². The molecule has 2 aromatic carbocycles. The Morgan fingerprint density at radius 2 is 1.78 bits per heavy atom. The van der Waals surface area contributed by atoms with Crippen molar-refractivity contribution in [1.29, 1.82) is 0 Å². The van der Waals surface area contributed by atoms with E-state index < -0.39 is 16.9 Å². The van der Waals surface area contributed by atoms with Gasteiger partial charge in [-0.05, 0) is 83.0 Å². The third kappa shape index (κ3) is 6.05. The lowest BCUT2D eigenvalue weighted by atomic mass is 9.95. The van der Waals surface area contributed by atoms with Gasteiger partial charge in [-0.3, -0.25) is 19.5 Å². The number of hydrogen-bond acceptors (Lipinski definition) is 10. The van der Waals surface area contributed by atoms with E-state index in [1.165, 1.54) is 10.6 Å². The van der Waals surface area contributed by atoms with Crippen LogP contribution in [0.2, 0.25) is 0 Å². The van der Waals surface area contributed by atoms with Gasteiger partial charge in [-0.25, -0.2) is 9.79 Å². The quantitative estimate of drug-likeness (QED) is 0.129. The molecular weight excluding hydrogens is 598 g/mol. The Labute approximate surface area is 262 Å². The first kappa shape index (κ1) is 31.5. The van der Waals surface area contributed by atoms with Crippen LogP contribution in [0.25, 0.3) is 17.4 Å². The number of furan rings is 1. The van der Waals surface area contributed by atoms with Crippen LogP contribution in [0.3, 0.4) is 0 Å². The molecule has 2 aromatic heterocycles. The SMILES string of the molecule is CCOC(=O)C1=C(C)N=c2s/c(=C\c3ccc(-c4cc(C)c(C)c([N+](=O)[O-])c4)o3)c(=O)n2[C@@H]1c1ccc(OCC)c(OCC)c1. The molecule has 0 fully saturated rings. The highest BCUT2D eigenvalue weighted by molar-refractivity contribution is 7.07. The topological polar surface area (TPSA) is 135 Å². The molecule has 1 aliphatic rings. The van der Waals surface area contributed by atoms with E-state index in [4.69, 9.17) is 18.6 Å². The number of carbonyl (C=O) groups excluding carboxylic acids is 1. The van der Waals surface area contributed by atoms with Crippen LogP contribution in [-0.2, 0) is 9.53 Å². The predicted octanol–water partition coefficient (Wildman–Crippen LogP) is 5.38. The molecule has 1 aliphatic heterocycles. The molecular formula is C33H33N3O8S. The second-order valence-corrected chi connectivity index (χ2v) is 11.3. The Balaban J connectivity index is 1.64. The van der Waals surface area contributed by atoms with E-state index in [9.17, 15) is 19.7 Å². The minimum atomic E-state index is -0.833. The first-order valence-corrected chi connectivity index (χ1v) is 15.3. The highest BCUT2D eigenvalue weighted by Crippen LogP contribution is 2.36. The first-order chi connectivity index (χ1) is 21.6. The van der Waals surface area contributed by atoms with E-state index in [0.717, 1.165) is 16.9 Å². The monoisotopic (exact) mass is 631 g/mol. The molecule has 4 aromatic rings. The summed E-state index contributed by atoms with van der Waals surface area (Å²) in [4.78, 5) is 43.5. The van der Waals surface area contributed by atoms with Gasteiger partial charge in [0.2, 0.25) is 0 Å². The maximum atomic E-state index is 14.0. The number of carbonyl (C=O) groups is 1. The molecule has 12 heteroatoms. The van der Waals surface area contributed by atoms with Crippen molar-refractivity contribution in [3.8, 4) is 22.8 Å². The van der Waals surface area contributed by atoms with Crippen LogP contribution in [0, 0.1) is 24.0 Å². The lowest BCUT2D eigenvalue weighted by Crippen LogP contribution is -2.40. The summed E-state index contributed by atoms with van der Waals surface area (Å²) in [5, 5.41) is 11.6. The van der Waals surface area contributed by atoms with Crippen LogP contribution in [-0.4, -0.2) is 35.3 Å². The molecule has 0 spiro atoms. The first-order valence-electron chi connectivity index (χ1n) is 14.5. The van der Waals surface area contributed by atoms with Crippen molar-refractivity contribution in [3.05, 3.63) is 106 Å². The Morgan fingerprint density at radius 3 is 2.47 bits per heavy atom. The van der Waals surface area contributed by atoms with E-state index in [1.54, 1.807) is 64.1 Å². The second kappa shape index (κ2) is 12.9. The molecule has 0 unspecified atom stereocenters. The van der Waals surface area contributed by atoms with Crippen molar-refractivity contribution < 1.29 is 28.3 Å². The average molecular weight is 632 g/mol. The molecule has 0 saturated carbocycles. The van der Waals surface area contributed by atoms with Crippen LogP contribution in [0.15, 0.2) is 67.9 Å². The number of benzene rings is 2. The van der Waals surface area contributed by atoms with Crippen molar-refractivity contribution in [2.24, 2.45) is 4.99 Å². The molecule has 1 atom stereocenters. The number of thiazole rings is 1. The van der Waals surface area contributed by atoms with Gasteiger partial charge in [0, 0.05) is 23.3 Å². The fraction of sp³-hybridized carbons (Fsp3) is 0.303. The maximum Gasteiger partial charge on any atom is 0.338 e. The molecule has 5 rings (SSSR count). The van der Waals surface area contributed by atoms with Gasteiger partial charge in [-0.1, -0.05) is 17.4 Å². The number of ether oxygens (including phenoxy) is 3. The Kier molecular flexibility index (Phi) is 9.05. The standard InChI is InChI=1S/C33H33N3O8S/c1-7-41-26-12-10-21(16-27(26)42-8-2)30-29(32(38)43-9-3)20(6)34-33-35(30)31(37)28(45-33)17-23-11-13-25(44-23)22-14-18(4)19(5)24(15-22)36(39)40/h10-17,30H,7-9H2,1-6H3/b28-17-/t30-/m1/s1. The normalized spacial score (nSPS) is 14.6. The maximum absolute atomic E-state index is 14.0. The van der Waals surface area contributed by atoms with Gasteiger partial charge >= 0.3 is 5.97 Å². The number of hydrogen-bond donors (Lipinski definition) is 0. The van der Waals surface area contributed by atoms with Gasteiger partial charge in [0.1, 0.15) is 11.5 Å². The third-order valence-electron chi connectivity index (χ3n) is 7.42. The number of aromatic nitrogens is 1. The van der Waals surface area contributed by atoms with Gasteiger partial charge in [0.15, 0.2) is 16.3 Å². The summed E-state index contributed by atoms with van der Waals surface area (Å²) < 4.78 is 24.8. The Morgan fingerprint density at radius 1 is 1.04 bits per heavy atom. The molecule has 234 valence electrons. The van der Waals surface area contributed by atoms with Crippen LogP contribution < -0.4 is 24.4 Å². The summed E-state index contributed by atoms with van der Waals surface area (Å²) in [5.41, 5.74) is 2.86. The zero-order valence-electron chi connectivity index (χ0n) is 25.8. The Bertz CT molecular complexity index is 2020. The van der Waals surface area contributed by atoms with E-state index in [-0.39, 0.29) is 23.4 Å². The summed E-state index contributed by atoms with van der Waals surface area (Å²) in [7, 11) is 0. The molecule has 0 aliphatic carbocycles. The van der Waals surface area contributed by atoms with Gasteiger partial charge in [0.25, 0.3) is 11.2 Å². The predicted molar refractivity (Wildman–Crippen MR) is 169 cm³/mol. The largest absolute Gasteiger partial charge is 0.490 e. The van der Waals surface area contributed by atoms with Crippen LogP contribution in [0.5, 0.6) is 11.5 Å². The molecule has 0 amide bonds. The molecule has 0 radical (unpaired) electrons. The van der Waals surface area contributed by atoms with Gasteiger partial charge in [0.05, 0.1) is 46.6 Å². The Hall–Kier alpha value is -4.97. The molecule has 11 nitrogen and oxygen atoms in total. The lowest BCUT2D eigenvalue weighted by molar-refractivity contribution is -0.385. The van der Waals surface area contributed by atoms with Crippen LogP contribution in [0.4, 0.5) is 5.69 Å². The summed E-state index contributed by atoms with van der Waals surface area (Å²) >= 11 is 1.16. The van der Waals surface area contributed by atoms with E-state index in [1.807, 2.05) is 19.9 Å². The summed E-state index contributed by atoms with van der Waals surface area (Å²) in [6.45, 7) is 11.7. The molecule has 3 heterocycles. The van der Waals surface area contributed by atoms with Crippen LogP contribution >= 0.6 is 11.3 Å². The third-order valence-corrected chi connectivity index (χ3v) is 8.40. The summed E-state index contributed by atoms with van der Waals surface area (Å²) in [6, 6.07) is 11.2. The highest BCUT2D eigenvalue weighted by atomic mass is 32.1. The van der Waals surface area contributed by atoms with E-state index >= 15 is 0 Å². The van der Waals surface area contributed by atoms with Crippen molar-refractivity contribution in [2.75, 3.05) is 19.8 Å². The zero-order chi connectivity index (χ0) is 32.4. The molecule has 0 bridgehead atoms. The van der Waals surface area contributed by atoms with Gasteiger partial charge in [-0.2, -0.15) is 0 Å². The number of fused-ring (bicyclic) bond motifs is 1. The zero-order valence-corrected chi connectivity index (χ0v) is 26.6.